The lowest BCUT2D eigenvalue weighted by atomic mass is 9.97. The van der Waals surface area contributed by atoms with Gasteiger partial charge in [-0.05, 0) is 25.0 Å². The molecule has 0 fully saturated rings. The molecule has 0 radical (unpaired) electrons. The van der Waals surface area contributed by atoms with Gasteiger partial charge in [0.15, 0.2) is 11.8 Å². The number of hydrogen-bond acceptors (Lipinski definition) is 4. The van der Waals surface area contributed by atoms with Gasteiger partial charge < -0.3 is 15.2 Å². The second kappa shape index (κ2) is 9.17. The number of aryl methyl sites for hydroxylation is 1. The minimum absolute atomic E-state index is 0. The van der Waals surface area contributed by atoms with Gasteiger partial charge in [-0.2, -0.15) is 4.98 Å². The van der Waals surface area contributed by atoms with Crippen LogP contribution in [0.1, 0.15) is 56.6 Å². The van der Waals surface area contributed by atoms with Gasteiger partial charge in [0.2, 0.25) is 5.89 Å². The van der Waals surface area contributed by atoms with Crippen molar-refractivity contribution in [1.29, 1.82) is 0 Å². The highest BCUT2D eigenvalue weighted by Gasteiger charge is 2.21. The summed E-state index contributed by atoms with van der Waals surface area (Å²) in [6.07, 6.45) is 0. The van der Waals surface area contributed by atoms with Crippen molar-refractivity contribution in [2.24, 2.45) is 4.99 Å². The molecule has 0 saturated heterocycles. The second-order valence-corrected chi connectivity index (χ2v) is 6.91. The van der Waals surface area contributed by atoms with E-state index in [1.165, 1.54) is 11.1 Å². The Kier molecular flexibility index (Phi) is 7.85. The molecule has 0 aliphatic carbocycles. The number of aliphatic imine (C=N–C) groups is 1. The van der Waals surface area contributed by atoms with Gasteiger partial charge in [0.05, 0.1) is 12.6 Å². The molecule has 0 saturated carbocycles. The van der Waals surface area contributed by atoms with Crippen molar-refractivity contribution in [2.45, 2.75) is 52.6 Å². The van der Waals surface area contributed by atoms with Crippen LogP contribution in [0, 0.1) is 6.92 Å². The van der Waals surface area contributed by atoms with Crippen LogP contribution in [0.3, 0.4) is 0 Å². The largest absolute Gasteiger partial charge is 0.350 e. The standard InChI is InChI=1S/C18H27N5O.HI/c1-12-9-7-8-10-14(12)13(2)21-17(19-6)20-11-15-22-16(24-23-15)18(3,4)5;/h7-10,13H,11H2,1-6H3,(H2,19,20,21);1H. The topological polar surface area (TPSA) is 75.3 Å². The van der Waals surface area contributed by atoms with Gasteiger partial charge in [-0.1, -0.05) is 50.2 Å². The molecule has 1 heterocycles. The van der Waals surface area contributed by atoms with Crippen LogP contribution in [0.4, 0.5) is 0 Å². The van der Waals surface area contributed by atoms with Crippen molar-refractivity contribution >= 4 is 29.9 Å². The van der Waals surface area contributed by atoms with E-state index in [0.29, 0.717) is 24.2 Å². The molecule has 7 heteroatoms. The van der Waals surface area contributed by atoms with Crippen LogP contribution in [0.5, 0.6) is 0 Å². The average molecular weight is 457 g/mol. The van der Waals surface area contributed by atoms with E-state index in [9.17, 15) is 0 Å². The summed E-state index contributed by atoms with van der Waals surface area (Å²) < 4.78 is 5.30. The molecule has 2 rings (SSSR count). The van der Waals surface area contributed by atoms with Gasteiger partial charge in [-0.3, -0.25) is 4.99 Å². The van der Waals surface area contributed by atoms with Crippen molar-refractivity contribution in [3.63, 3.8) is 0 Å². The highest BCUT2D eigenvalue weighted by atomic mass is 127. The molecule has 1 unspecified atom stereocenters. The van der Waals surface area contributed by atoms with Crippen molar-refractivity contribution in [1.82, 2.24) is 20.8 Å². The predicted octanol–water partition coefficient (Wildman–Crippen LogP) is 3.72. The third-order valence-corrected chi connectivity index (χ3v) is 3.76. The predicted molar refractivity (Wildman–Crippen MR) is 111 cm³/mol. The van der Waals surface area contributed by atoms with Crippen molar-refractivity contribution < 1.29 is 4.52 Å². The molecule has 0 bridgehead atoms. The van der Waals surface area contributed by atoms with Crippen molar-refractivity contribution in [3.8, 4) is 0 Å². The van der Waals surface area contributed by atoms with Gasteiger partial charge in [0.1, 0.15) is 0 Å². The Bertz CT molecular complexity index is 705. The molecule has 0 spiro atoms. The smallest absolute Gasteiger partial charge is 0.232 e. The molecule has 6 nitrogen and oxygen atoms in total. The minimum atomic E-state index is -0.148. The van der Waals surface area contributed by atoms with E-state index in [1.54, 1.807) is 7.05 Å². The number of halogens is 1. The fourth-order valence-electron chi connectivity index (χ4n) is 2.34. The highest BCUT2D eigenvalue weighted by Crippen LogP contribution is 2.19. The van der Waals surface area contributed by atoms with Crippen LogP contribution >= 0.6 is 24.0 Å². The minimum Gasteiger partial charge on any atom is -0.350 e. The number of guanidine groups is 1. The SMILES string of the molecule is CN=C(NCc1noc(C(C)(C)C)n1)NC(C)c1ccccc1C.I. The molecular formula is C18H28IN5O. The van der Waals surface area contributed by atoms with E-state index in [2.05, 4.69) is 51.7 Å². The summed E-state index contributed by atoms with van der Waals surface area (Å²) in [4.78, 5) is 8.68. The molecule has 2 N–H and O–H groups in total. The lowest BCUT2D eigenvalue weighted by Gasteiger charge is -2.19. The first-order valence-electron chi connectivity index (χ1n) is 8.17. The normalized spacial score (nSPS) is 13.1. The van der Waals surface area contributed by atoms with E-state index >= 15 is 0 Å². The van der Waals surface area contributed by atoms with Crippen LogP contribution in [0.25, 0.3) is 0 Å². The Morgan fingerprint density at radius 3 is 2.52 bits per heavy atom. The first-order valence-corrected chi connectivity index (χ1v) is 8.17. The molecule has 138 valence electrons. The maximum atomic E-state index is 5.30. The molecule has 1 aromatic heterocycles. The van der Waals surface area contributed by atoms with E-state index in [-0.39, 0.29) is 35.4 Å². The number of hydrogen-bond donors (Lipinski definition) is 2. The number of nitrogens with one attached hydrogen (secondary N) is 2. The number of benzene rings is 1. The monoisotopic (exact) mass is 457 g/mol. The quantitative estimate of drug-likeness (QED) is 0.416. The molecule has 1 atom stereocenters. The van der Waals surface area contributed by atoms with Crippen molar-refractivity contribution in [3.05, 3.63) is 47.1 Å². The van der Waals surface area contributed by atoms with Crippen LogP contribution in [-0.4, -0.2) is 23.1 Å². The van der Waals surface area contributed by atoms with Crippen LogP contribution in [0.15, 0.2) is 33.8 Å². The zero-order chi connectivity index (χ0) is 17.7. The maximum Gasteiger partial charge on any atom is 0.232 e. The van der Waals surface area contributed by atoms with Gasteiger partial charge in [0.25, 0.3) is 0 Å². The average Bonchev–Trinajstić information content (AvgIpc) is 3.00. The lowest BCUT2D eigenvalue weighted by Crippen LogP contribution is -2.38. The Morgan fingerprint density at radius 2 is 1.96 bits per heavy atom. The highest BCUT2D eigenvalue weighted by molar-refractivity contribution is 14.0. The molecule has 0 aliphatic heterocycles. The number of rotatable bonds is 4. The van der Waals surface area contributed by atoms with Gasteiger partial charge in [-0.15, -0.1) is 24.0 Å². The number of nitrogens with zero attached hydrogens (tertiary/aromatic N) is 3. The van der Waals surface area contributed by atoms with E-state index in [0.717, 1.165) is 0 Å². The summed E-state index contributed by atoms with van der Waals surface area (Å²) in [7, 11) is 1.75. The molecule has 0 amide bonds. The summed E-state index contributed by atoms with van der Waals surface area (Å²) in [5.41, 5.74) is 2.35. The summed E-state index contributed by atoms with van der Waals surface area (Å²) in [5, 5.41) is 10.6. The fraction of sp³-hybridized carbons (Fsp3) is 0.500. The molecule has 25 heavy (non-hydrogen) atoms. The van der Waals surface area contributed by atoms with Crippen molar-refractivity contribution in [2.75, 3.05) is 7.05 Å². The van der Waals surface area contributed by atoms with Gasteiger partial charge in [-0.25, -0.2) is 0 Å². The zero-order valence-electron chi connectivity index (χ0n) is 15.8. The van der Waals surface area contributed by atoms with Crippen LogP contribution in [-0.2, 0) is 12.0 Å². The van der Waals surface area contributed by atoms with Gasteiger partial charge in [0, 0.05) is 12.5 Å². The summed E-state index contributed by atoms with van der Waals surface area (Å²) in [5.74, 6) is 1.95. The number of aromatic nitrogens is 2. The summed E-state index contributed by atoms with van der Waals surface area (Å²) >= 11 is 0. The van der Waals surface area contributed by atoms with Gasteiger partial charge >= 0.3 is 0 Å². The second-order valence-electron chi connectivity index (χ2n) is 6.91. The molecular weight excluding hydrogens is 429 g/mol. The van der Waals surface area contributed by atoms with E-state index in [4.69, 9.17) is 4.52 Å². The third-order valence-electron chi connectivity index (χ3n) is 3.76. The Morgan fingerprint density at radius 1 is 1.28 bits per heavy atom. The molecule has 0 aliphatic rings. The third kappa shape index (κ3) is 5.98. The zero-order valence-corrected chi connectivity index (χ0v) is 18.1. The molecule has 1 aromatic carbocycles. The first kappa shape index (κ1) is 21.4. The fourth-order valence-corrected chi connectivity index (χ4v) is 2.34. The Hall–Kier alpha value is -1.64. The van der Waals surface area contributed by atoms with E-state index < -0.39 is 0 Å². The Balaban J connectivity index is 0.00000312. The summed E-state index contributed by atoms with van der Waals surface area (Å²) in [6, 6.07) is 8.46. The summed E-state index contributed by atoms with van der Waals surface area (Å²) in [6.45, 7) is 10.8. The Labute approximate surface area is 166 Å². The molecule has 2 aromatic rings. The maximum absolute atomic E-state index is 5.30. The first-order chi connectivity index (χ1) is 11.3. The van der Waals surface area contributed by atoms with E-state index in [1.807, 2.05) is 32.9 Å². The lowest BCUT2D eigenvalue weighted by molar-refractivity contribution is 0.318. The van der Waals surface area contributed by atoms with Crippen LogP contribution < -0.4 is 10.6 Å². The van der Waals surface area contributed by atoms with Crippen LogP contribution in [0.2, 0.25) is 0 Å².